The zero-order valence-corrected chi connectivity index (χ0v) is 9.13. The van der Waals surface area contributed by atoms with Crippen molar-refractivity contribution in [1.82, 2.24) is 0 Å². The van der Waals surface area contributed by atoms with Gasteiger partial charge in [0, 0.05) is 19.3 Å². The van der Waals surface area contributed by atoms with Gasteiger partial charge in [0.25, 0.3) is 0 Å². The van der Waals surface area contributed by atoms with Crippen molar-refractivity contribution in [3.05, 3.63) is 0 Å². The predicted octanol–water partition coefficient (Wildman–Crippen LogP) is 1.94. The highest BCUT2D eigenvalue weighted by Gasteiger charge is 2.36. The quantitative estimate of drug-likeness (QED) is 0.637. The van der Waals surface area contributed by atoms with Crippen molar-refractivity contribution in [2.45, 2.75) is 39.5 Å². The lowest BCUT2D eigenvalue weighted by Crippen LogP contribution is -2.33. The molecule has 3 nitrogen and oxygen atoms in total. The largest absolute Gasteiger partial charge is 0.469 e. The van der Waals surface area contributed by atoms with Crippen LogP contribution in [0.4, 0.5) is 0 Å². The third-order valence-corrected chi connectivity index (χ3v) is 3.27. The summed E-state index contributed by atoms with van der Waals surface area (Å²) in [5.41, 5.74) is 0.0854. The standard InChI is InChI=1S/C11H18O3/c1-11(2)5-4-9(12)6-8(11)7-10(13)14-3/h8H,4-7H2,1-3H3. The number of carbonyl (C=O) groups is 2. The van der Waals surface area contributed by atoms with Crippen LogP contribution in [0.15, 0.2) is 0 Å². The second-order valence-electron chi connectivity index (χ2n) is 4.71. The van der Waals surface area contributed by atoms with Gasteiger partial charge < -0.3 is 4.74 Å². The highest BCUT2D eigenvalue weighted by atomic mass is 16.5. The number of hydrogen-bond acceptors (Lipinski definition) is 3. The molecule has 0 aromatic heterocycles. The van der Waals surface area contributed by atoms with Crippen molar-refractivity contribution in [1.29, 1.82) is 0 Å². The highest BCUT2D eigenvalue weighted by molar-refractivity contribution is 5.80. The Hall–Kier alpha value is -0.860. The van der Waals surface area contributed by atoms with Crippen LogP contribution in [-0.2, 0) is 14.3 Å². The van der Waals surface area contributed by atoms with Crippen molar-refractivity contribution in [3.8, 4) is 0 Å². The van der Waals surface area contributed by atoms with Crippen LogP contribution in [0.3, 0.4) is 0 Å². The maximum Gasteiger partial charge on any atom is 0.305 e. The number of esters is 1. The van der Waals surface area contributed by atoms with Gasteiger partial charge in [-0.25, -0.2) is 0 Å². The summed E-state index contributed by atoms with van der Waals surface area (Å²) in [6.07, 6.45) is 2.44. The second-order valence-corrected chi connectivity index (χ2v) is 4.71. The monoisotopic (exact) mass is 198 g/mol. The van der Waals surface area contributed by atoms with E-state index in [1.54, 1.807) is 0 Å². The molecule has 80 valence electrons. The van der Waals surface area contributed by atoms with Crippen molar-refractivity contribution in [2.24, 2.45) is 11.3 Å². The van der Waals surface area contributed by atoms with E-state index in [1.807, 2.05) is 0 Å². The molecule has 3 heteroatoms. The van der Waals surface area contributed by atoms with Crippen LogP contribution in [0.25, 0.3) is 0 Å². The van der Waals surface area contributed by atoms with E-state index >= 15 is 0 Å². The van der Waals surface area contributed by atoms with Gasteiger partial charge in [-0.1, -0.05) is 13.8 Å². The molecule has 0 heterocycles. The first-order valence-electron chi connectivity index (χ1n) is 5.04. The van der Waals surface area contributed by atoms with E-state index in [1.165, 1.54) is 7.11 Å². The van der Waals surface area contributed by atoms with E-state index < -0.39 is 0 Å². The number of ketones is 1. The minimum atomic E-state index is -0.210. The Bertz CT molecular complexity index is 243. The van der Waals surface area contributed by atoms with Gasteiger partial charge in [0.2, 0.25) is 0 Å². The molecule has 1 saturated carbocycles. The molecule has 1 unspecified atom stereocenters. The molecule has 1 rings (SSSR count). The average Bonchev–Trinajstić information content (AvgIpc) is 2.12. The van der Waals surface area contributed by atoms with Crippen LogP contribution >= 0.6 is 0 Å². The van der Waals surface area contributed by atoms with Crippen molar-refractivity contribution in [2.75, 3.05) is 7.11 Å². The van der Waals surface area contributed by atoms with E-state index in [4.69, 9.17) is 0 Å². The zero-order valence-electron chi connectivity index (χ0n) is 9.13. The maximum absolute atomic E-state index is 11.3. The van der Waals surface area contributed by atoms with Crippen molar-refractivity contribution >= 4 is 11.8 Å². The van der Waals surface area contributed by atoms with Crippen LogP contribution in [0.1, 0.15) is 39.5 Å². The van der Waals surface area contributed by atoms with E-state index in [-0.39, 0.29) is 23.1 Å². The minimum Gasteiger partial charge on any atom is -0.469 e. The van der Waals surface area contributed by atoms with Crippen molar-refractivity contribution < 1.29 is 14.3 Å². The van der Waals surface area contributed by atoms with Gasteiger partial charge in [0.15, 0.2) is 0 Å². The third kappa shape index (κ3) is 2.56. The number of methoxy groups -OCH3 is 1. The van der Waals surface area contributed by atoms with E-state index in [0.29, 0.717) is 19.3 Å². The van der Waals surface area contributed by atoms with E-state index in [0.717, 1.165) is 6.42 Å². The van der Waals surface area contributed by atoms with Gasteiger partial charge in [-0.3, -0.25) is 9.59 Å². The molecule has 0 bridgehead atoms. The van der Waals surface area contributed by atoms with Crippen LogP contribution in [-0.4, -0.2) is 18.9 Å². The Kier molecular flexibility index (Phi) is 3.29. The number of ether oxygens (including phenoxy) is 1. The minimum absolute atomic E-state index is 0.0854. The molecular weight excluding hydrogens is 180 g/mol. The Balaban J connectivity index is 2.63. The molecule has 14 heavy (non-hydrogen) atoms. The topological polar surface area (TPSA) is 43.4 Å². The number of hydrogen-bond donors (Lipinski definition) is 0. The molecule has 0 spiro atoms. The molecule has 1 atom stereocenters. The second kappa shape index (κ2) is 4.11. The SMILES string of the molecule is COC(=O)CC1CC(=O)CCC1(C)C. The average molecular weight is 198 g/mol. The predicted molar refractivity (Wildman–Crippen MR) is 52.8 cm³/mol. The molecule has 0 saturated heterocycles. The molecule has 0 aliphatic heterocycles. The first-order chi connectivity index (χ1) is 6.45. The lowest BCUT2D eigenvalue weighted by Gasteiger charge is -2.37. The Labute approximate surface area is 84.8 Å². The lowest BCUT2D eigenvalue weighted by molar-refractivity contribution is -0.143. The number of carbonyl (C=O) groups excluding carboxylic acids is 2. The first kappa shape index (κ1) is 11.2. The van der Waals surface area contributed by atoms with E-state index in [2.05, 4.69) is 18.6 Å². The number of Topliss-reactive ketones (excluding diaryl/α,β-unsaturated/α-hetero) is 1. The van der Waals surface area contributed by atoms with Gasteiger partial charge in [0.1, 0.15) is 5.78 Å². The molecule has 0 radical (unpaired) electrons. The van der Waals surface area contributed by atoms with Crippen LogP contribution in [0.5, 0.6) is 0 Å². The summed E-state index contributed by atoms with van der Waals surface area (Å²) in [7, 11) is 1.39. The van der Waals surface area contributed by atoms with E-state index in [9.17, 15) is 9.59 Å². The fourth-order valence-electron chi connectivity index (χ4n) is 1.95. The van der Waals surface area contributed by atoms with Gasteiger partial charge in [-0.2, -0.15) is 0 Å². The molecule has 1 aliphatic carbocycles. The first-order valence-corrected chi connectivity index (χ1v) is 5.04. The highest BCUT2D eigenvalue weighted by Crippen LogP contribution is 2.41. The van der Waals surface area contributed by atoms with Gasteiger partial charge >= 0.3 is 5.97 Å². The lowest BCUT2D eigenvalue weighted by atomic mass is 9.67. The Morgan fingerprint density at radius 2 is 2.21 bits per heavy atom. The summed E-state index contributed by atoms with van der Waals surface area (Å²) in [6, 6.07) is 0. The molecule has 0 amide bonds. The summed E-state index contributed by atoms with van der Waals surface area (Å²) in [4.78, 5) is 22.4. The third-order valence-electron chi connectivity index (χ3n) is 3.27. The molecule has 1 aliphatic rings. The Morgan fingerprint density at radius 3 is 2.79 bits per heavy atom. The fraction of sp³-hybridized carbons (Fsp3) is 0.818. The molecule has 1 fully saturated rings. The van der Waals surface area contributed by atoms with Crippen LogP contribution < -0.4 is 0 Å². The molecular formula is C11H18O3. The van der Waals surface area contributed by atoms with Gasteiger partial charge in [0.05, 0.1) is 7.11 Å². The van der Waals surface area contributed by atoms with Gasteiger partial charge in [-0.05, 0) is 17.8 Å². The van der Waals surface area contributed by atoms with Gasteiger partial charge in [-0.15, -0.1) is 0 Å². The summed E-state index contributed by atoms with van der Waals surface area (Å²) in [5.74, 6) is 0.215. The number of rotatable bonds is 2. The summed E-state index contributed by atoms with van der Waals surface area (Å²) >= 11 is 0. The fourth-order valence-corrected chi connectivity index (χ4v) is 1.95. The summed E-state index contributed by atoms with van der Waals surface area (Å²) in [5, 5.41) is 0. The maximum atomic E-state index is 11.3. The Morgan fingerprint density at radius 1 is 1.57 bits per heavy atom. The smallest absolute Gasteiger partial charge is 0.305 e. The zero-order chi connectivity index (χ0) is 10.8. The summed E-state index contributed by atoms with van der Waals surface area (Å²) in [6.45, 7) is 4.24. The summed E-state index contributed by atoms with van der Waals surface area (Å²) < 4.78 is 4.63. The molecule has 0 N–H and O–H groups in total. The van der Waals surface area contributed by atoms with Crippen molar-refractivity contribution in [3.63, 3.8) is 0 Å². The molecule has 0 aromatic carbocycles. The molecule has 0 aromatic rings. The van der Waals surface area contributed by atoms with Crippen LogP contribution in [0, 0.1) is 11.3 Å². The normalized spacial score (nSPS) is 25.9. The van der Waals surface area contributed by atoms with Crippen LogP contribution in [0.2, 0.25) is 0 Å².